The normalized spacial score (nSPS) is 32.5. The molecular formula is C26H32F3N3O2S. The number of hydrogen-bond acceptors (Lipinski definition) is 4. The molecule has 5 rings (SSSR count). The minimum atomic E-state index is -4.35. The second-order valence-electron chi connectivity index (χ2n) is 10.7. The van der Waals surface area contributed by atoms with Gasteiger partial charge in [-0.15, -0.1) is 0 Å². The summed E-state index contributed by atoms with van der Waals surface area (Å²) in [7, 11) is 0. The van der Waals surface area contributed by atoms with Gasteiger partial charge in [-0.05, 0) is 80.9 Å². The molecule has 2 amide bonds. The average Bonchev–Trinajstić information content (AvgIpc) is 3.52. The Balaban J connectivity index is 1.11. The van der Waals surface area contributed by atoms with E-state index in [0.29, 0.717) is 31.5 Å². The highest BCUT2D eigenvalue weighted by atomic mass is 32.2. The van der Waals surface area contributed by atoms with Crippen molar-refractivity contribution < 1.29 is 22.8 Å². The number of aryl methyl sites for hydroxylation is 1. The standard InChI is InChI=1S/C26H32F3N3O2S/c1-25(23(34)31-24(35-25)30-21-15-17-2-6-18(21)14-17)19-10-12-32(13-11-19)22(33)9-5-16-3-7-20(8-4-16)26(27,28)29/h3-4,7-8,17-19,21H,2,5-6,9-15H2,1H3,(H,30,31,34)/t17-,18-,21-,25?/m0/s1. The molecule has 2 aliphatic heterocycles. The van der Waals surface area contributed by atoms with E-state index in [1.165, 1.54) is 31.4 Å². The molecule has 2 aliphatic carbocycles. The van der Waals surface area contributed by atoms with Crippen molar-refractivity contribution in [2.45, 2.75) is 75.3 Å². The number of fused-ring (bicyclic) bond motifs is 2. The second-order valence-corrected chi connectivity index (χ2v) is 12.1. The van der Waals surface area contributed by atoms with Crippen LogP contribution in [0, 0.1) is 17.8 Å². The molecule has 9 heteroatoms. The van der Waals surface area contributed by atoms with Crippen LogP contribution in [0.3, 0.4) is 0 Å². The van der Waals surface area contributed by atoms with Crippen LogP contribution in [0.2, 0.25) is 0 Å². The summed E-state index contributed by atoms with van der Waals surface area (Å²) >= 11 is 1.57. The smallest absolute Gasteiger partial charge is 0.343 e. The average molecular weight is 508 g/mol. The summed E-state index contributed by atoms with van der Waals surface area (Å²) in [5, 5.41) is 3.81. The molecule has 1 aromatic rings. The Morgan fingerprint density at radius 2 is 1.86 bits per heavy atom. The predicted molar refractivity (Wildman–Crippen MR) is 130 cm³/mol. The first-order valence-corrected chi connectivity index (χ1v) is 13.5. The number of rotatable bonds is 5. The molecule has 1 N–H and O–H groups in total. The van der Waals surface area contributed by atoms with Crippen LogP contribution in [0.5, 0.6) is 0 Å². The third-order valence-corrected chi connectivity index (χ3v) is 9.84. The minimum absolute atomic E-state index is 0.00978. The number of halogens is 3. The number of nitrogens with zero attached hydrogens (tertiary/aromatic N) is 2. The Bertz CT molecular complexity index is 1000. The van der Waals surface area contributed by atoms with Gasteiger partial charge >= 0.3 is 6.18 Å². The lowest BCUT2D eigenvalue weighted by atomic mass is 9.84. The molecule has 0 radical (unpaired) electrons. The number of likely N-dealkylation sites (tertiary alicyclic amines) is 1. The van der Waals surface area contributed by atoms with E-state index in [9.17, 15) is 22.8 Å². The van der Waals surface area contributed by atoms with E-state index in [-0.39, 0.29) is 24.2 Å². The van der Waals surface area contributed by atoms with Gasteiger partial charge in [-0.2, -0.15) is 13.2 Å². The summed E-state index contributed by atoms with van der Waals surface area (Å²) in [5.41, 5.74) is 0.0377. The molecule has 4 atom stereocenters. The van der Waals surface area contributed by atoms with Crippen LogP contribution in [0.4, 0.5) is 13.2 Å². The molecule has 0 spiro atoms. The van der Waals surface area contributed by atoms with E-state index in [1.54, 1.807) is 11.8 Å². The fraction of sp³-hybridized carbons (Fsp3) is 0.654. The summed E-state index contributed by atoms with van der Waals surface area (Å²) in [6.07, 6.45) is 2.84. The van der Waals surface area contributed by atoms with Gasteiger partial charge in [0.05, 0.1) is 11.6 Å². The third-order valence-electron chi connectivity index (χ3n) is 8.50. The third kappa shape index (κ3) is 5.11. The van der Waals surface area contributed by atoms with E-state index in [2.05, 4.69) is 5.32 Å². The molecule has 35 heavy (non-hydrogen) atoms. The first kappa shape index (κ1) is 24.7. The number of carbonyl (C=O) groups is 2. The first-order valence-electron chi connectivity index (χ1n) is 12.6. The van der Waals surface area contributed by atoms with Crippen LogP contribution in [-0.4, -0.2) is 45.8 Å². The van der Waals surface area contributed by atoms with Crippen molar-refractivity contribution in [1.82, 2.24) is 10.2 Å². The summed E-state index contributed by atoms with van der Waals surface area (Å²) in [6.45, 7) is 3.20. The summed E-state index contributed by atoms with van der Waals surface area (Å²) in [4.78, 5) is 32.4. The van der Waals surface area contributed by atoms with Crippen molar-refractivity contribution in [3.63, 3.8) is 0 Å². The topological polar surface area (TPSA) is 61.8 Å². The Kier molecular flexibility index (Phi) is 6.66. The quantitative estimate of drug-likeness (QED) is 0.607. The molecule has 190 valence electrons. The number of aliphatic imine (C=N–C) groups is 1. The van der Waals surface area contributed by atoms with Gasteiger partial charge < -0.3 is 10.2 Å². The van der Waals surface area contributed by atoms with Crippen LogP contribution >= 0.6 is 11.8 Å². The van der Waals surface area contributed by atoms with Crippen LogP contribution in [0.1, 0.15) is 63.0 Å². The van der Waals surface area contributed by atoms with Gasteiger partial charge in [-0.1, -0.05) is 30.3 Å². The van der Waals surface area contributed by atoms with Gasteiger partial charge in [0.15, 0.2) is 5.17 Å². The highest BCUT2D eigenvalue weighted by Gasteiger charge is 2.50. The number of amidine groups is 1. The van der Waals surface area contributed by atoms with Crippen molar-refractivity contribution in [3.05, 3.63) is 35.4 Å². The number of amides is 2. The fourth-order valence-electron chi connectivity index (χ4n) is 6.29. The fourth-order valence-corrected chi connectivity index (χ4v) is 7.57. The molecule has 4 aliphatic rings. The zero-order chi connectivity index (χ0) is 24.8. The largest absolute Gasteiger partial charge is 0.416 e. The maximum atomic E-state index is 12.9. The van der Waals surface area contributed by atoms with E-state index < -0.39 is 16.5 Å². The van der Waals surface area contributed by atoms with Gasteiger partial charge in [0.2, 0.25) is 11.8 Å². The summed E-state index contributed by atoms with van der Waals surface area (Å²) in [6, 6.07) is 5.35. The number of piperidine rings is 1. The van der Waals surface area contributed by atoms with E-state index >= 15 is 0 Å². The Morgan fingerprint density at radius 1 is 1.14 bits per heavy atom. The van der Waals surface area contributed by atoms with Crippen molar-refractivity contribution >= 4 is 28.7 Å². The zero-order valence-corrected chi connectivity index (χ0v) is 20.8. The van der Waals surface area contributed by atoms with Crippen molar-refractivity contribution in [2.24, 2.45) is 22.7 Å². The lowest BCUT2D eigenvalue weighted by molar-refractivity contribution is -0.137. The molecular weight excluding hydrogens is 475 g/mol. The second kappa shape index (κ2) is 9.45. The number of nitrogens with one attached hydrogen (secondary N) is 1. The van der Waals surface area contributed by atoms with Crippen molar-refractivity contribution in [3.8, 4) is 0 Å². The molecule has 1 unspecified atom stereocenters. The number of alkyl halides is 3. The molecule has 2 bridgehead atoms. The molecule has 1 aromatic carbocycles. The molecule has 2 saturated heterocycles. The van der Waals surface area contributed by atoms with Gasteiger partial charge in [-0.25, -0.2) is 0 Å². The van der Waals surface area contributed by atoms with Crippen LogP contribution in [0.25, 0.3) is 0 Å². The number of thioether (sulfide) groups is 1. The first-order chi connectivity index (χ1) is 16.6. The SMILES string of the molecule is CC1(C2CCN(C(=O)CCc3ccc(C(F)(F)F)cc3)CC2)SC(=N[C@H]2C[C@H]3CC[C@H]2C3)NC1=O. The van der Waals surface area contributed by atoms with Crippen molar-refractivity contribution in [1.29, 1.82) is 0 Å². The number of carbonyl (C=O) groups excluding carboxylic acids is 2. The van der Waals surface area contributed by atoms with Crippen molar-refractivity contribution in [2.75, 3.05) is 13.1 Å². The van der Waals surface area contributed by atoms with Crippen LogP contribution in [-0.2, 0) is 22.2 Å². The maximum absolute atomic E-state index is 12.9. The monoisotopic (exact) mass is 507 g/mol. The van der Waals surface area contributed by atoms with E-state index in [1.807, 2.05) is 11.8 Å². The molecule has 2 saturated carbocycles. The molecule has 2 heterocycles. The Labute approximate surface area is 208 Å². The van der Waals surface area contributed by atoms with Gasteiger partial charge in [0.1, 0.15) is 4.75 Å². The molecule has 0 aromatic heterocycles. The Morgan fingerprint density at radius 3 is 2.46 bits per heavy atom. The van der Waals surface area contributed by atoms with Crippen LogP contribution in [0.15, 0.2) is 29.3 Å². The van der Waals surface area contributed by atoms with Gasteiger partial charge in [0, 0.05) is 19.5 Å². The summed E-state index contributed by atoms with van der Waals surface area (Å²) < 4.78 is 37.6. The van der Waals surface area contributed by atoms with Gasteiger partial charge in [0.25, 0.3) is 0 Å². The number of benzene rings is 1. The van der Waals surface area contributed by atoms with Crippen LogP contribution < -0.4 is 5.32 Å². The van der Waals surface area contributed by atoms with E-state index in [0.717, 1.165) is 48.0 Å². The lowest BCUT2D eigenvalue weighted by Gasteiger charge is -2.38. The summed E-state index contributed by atoms with van der Waals surface area (Å²) in [5.74, 6) is 1.68. The highest BCUT2D eigenvalue weighted by molar-refractivity contribution is 8.16. The Hall–Kier alpha value is -2.03. The minimum Gasteiger partial charge on any atom is -0.343 e. The maximum Gasteiger partial charge on any atom is 0.416 e. The highest BCUT2D eigenvalue weighted by Crippen LogP contribution is 2.48. The number of hydrogen-bond donors (Lipinski definition) is 1. The predicted octanol–water partition coefficient (Wildman–Crippen LogP) is 5.04. The zero-order valence-electron chi connectivity index (χ0n) is 19.9. The lowest BCUT2D eigenvalue weighted by Crippen LogP contribution is -2.47. The van der Waals surface area contributed by atoms with Gasteiger partial charge in [-0.3, -0.25) is 14.6 Å². The van der Waals surface area contributed by atoms with E-state index in [4.69, 9.17) is 4.99 Å². The molecule has 4 fully saturated rings. The molecule has 5 nitrogen and oxygen atoms in total.